The largest absolute Gasteiger partial charge is 0.550 e. The molecule has 0 N–H and O–H groups in total. The minimum atomic E-state index is -4.39. The Balaban J connectivity index is 0.000000271. The van der Waals surface area contributed by atoms with Crippen LogP contribution in [0.4, 0.5) is 13.2 Å². The molecule has 7 heteroatoms. The summed E-state index contributed by atoms with van der Waals surface area (Å²) in [6.45, 7) is 5.86. The summed E-state index contributed by atoms with van der Waals surface area (Å²) in [4.78, 5) is 20.6. The fourth-order valence-corrected chi connectivity index (χ4v) is 2.61. The normalized spacial score (nSPS) is 10.7. The maximum atomic E-state index is 12.1. The lowest BCUT2D eigenvalue weighted by molar-refractivity contribution is -0.306. The predicted molar refractivity (Wildman–Crippen MR) is 89.5 cm³/mol. The topological polar surface area (TPSA) is 80.3 Å². The van der Waals surface area contributed by atoms with Crippen LogP contribution in [0, 0.1) is 20.8 Å². The Bertz CT molecular complexity index is 786. The number of carboxylic acid groups (broad SMARTS) is 2. The van der Waals surface area contributed by atoms with E-state index >= 15 is 0 Å². The third-order valence-corrected chi connectivity index (χ3v) is 3.79. The minimum Gasteiger partial charge on any atom is -0.550 e. The first-order valence-electron chi connectivity index (χ1n) is 8.02. The van der Waals surface area contributed by atoms with Crippen molar-refractivity contribution in [1.29, 1.82) is 0 Å². The fraction of sp³-hybridized carbons (Fsp3) is 0.300. The van der Waals surface area contributed by atoms with E-state index in [1.165, 1.54) is 0 Å². The number of rotatable bonds is 4. The zero-order chi connectivity index (χ0) is 20.8. The van der Waals surface area contributed by atoms with Crippen LogP contribution in [0.3, 0.4) is 0 Å². The highest BCUT2D eigenvalue weighted by Crippen LogP contribution is 2.29. The van der Waals surface area contributed by atoms with E-state index in [-0.39, 0.29) is 18.4 Å². The van der Waals surface area contributed by atoms with Crippen molar-refractivity contribution in [2.24, 2.45) is 0 Å². The lowest BCUT2D eigenvalue weighted by Crippen LogP contribution is -2.25. The number of aliphatic carboxylic acids is 2. The van der Waals surface area contributed by atoms with Gasteiger partial charge in [-0.15, -0.1) is 0 Å². The molecule has 27 heavy (non-hydrogen) atoms. The van der Waals surface area contributed by atoms with Crippen LogP contribution in [0.2, 0.25) is 0 Å². The maximum Gasteiger partial charge on any atom is 0.416 e. The minimum absolute atomic E-state index is 0.0119. The molecule has 0 aromatic heterocycles. The van der Waals surface area contributed by atoms with Gasteiger partial charge in [0.15, 0.2) is 0 Å². The van der Waals surface area contributed by atoms with E-state index in [0.717, 1.165) is 46.5 Å². The second-order valence-corrected chi connectivity index (χ2v) is 6.17. The summed E-state index contributed by atoms with van der Waals surface area (Å²) < 4.78 is 36.2. The van der Waals surface area contributed by atoms with Crippen LogP contribution < -0.4 is 10.2 Å². The first-order chi connectivity index (χ1) is 12.4. The van der Waals surface area contributed by atoms with E-state index in [1.807, 2.05) is 32.9 Å². The summed E-state index contributed by atoms with van der Waals surface area (Å²) in [6, 6.07) is 7.92. The van der Waals surface area contributed by atoms with Crippen LogP contribution in [0.15, 0.2) is 36.4 Å². The van der Waals surface area contributed by atoms with Gasteiger partial charge >= 0.3 is 6.18 Å². The molecule has 0 unspecified atom stereocenters. The molecule has 0 spiro atoms. The molecule has 0 fully saturated rings. The maximum absolute atomic E-state index is 12.1. The lowest BCUT2D eigenvalue weighted by atomic mass is 9.97. The van der Waals surface area contributed by atoms with E-state index in [4.69, 9.17) is 0 Å². The van der Waals surface area contributed by atoms with Crippen LogP contribution >= 0.6 is 0 Å². The van der Waals surface area contributed by atoms with Crippen molar-refractivity contribution < 1.29 is 33.0 Å². The molecular formula is C20H19F3O4-2. The number of halogens is 3. The van der Waals surface area contributed by atoms with Crippen molar-refractivity contribution in [3.05, 3.63) is 69.8 Å². The highest BCUT2D eigenvalue weighted by molar-refractivity contribution is 5.69. The van der Waals surface area contributed by atoms with Gasteiger partial charge in [-0.05, 0) is 55.2 Å². The summed E-state index contributed by atoms with van der Waals surface area (Å²) in [5.74, 6) is -2.33. The lowest BCUT2D eigenvalue weighted by Gasteiger charge is -2.11. The molecular weight excluding hydrogens is 361 g/mol. The Morgan fingerprint density at radius 1 is 0.852 bits per heavy atom. The molecule has 0 saturated heterocycles. The number of carboxylic acids is 2. The predicted octanol–water partition coefficient (Wildman–Crippen LogP) is 1.90. The number of carbonyl (C=O) groups is 2. The molecule has 0 saturated carbocycles. The van der Waals surface area contributed by atoms with E-state index in [2.05, 4.69) is 0 Å². The van der Waals surface area contributed by atoms with E-state index in [9.17, 15) is 33.0 Å². The molecule has 4 nitrogen and oxygen atoms in total. The van der Waals surface area contributed by atoms with Crippen molar-refractivity contribution in [3.8, 4) is 0 Å². The van der Waals surface area contributed by atoms with Gasteiger partial charge in [0.05, 0.1) is 5.56 Å². The summed E-state index contributed by atoms with van der Waals surface area (Å²) in [6.07, 6.45) is -4.75. The van der Waals surface area contributed by atoms with Crippen LogP contribution in [0.25, 0.3) is 0 Å². The Kier molecular flexibility index (Phi) is 7.57. The summed E-state index contributed by atoms with van der Waals surface area (Å²) >= 11 is 0. The zero-order valence-electron chi connectivity index (χ0n) is 15.1. The highest BCUT2D eigenvalue weighted by Gasteiger charge is 2.29. The number of benzene rings is 2. The zero-order valence-corrected chi connectivity index (χ0v) is 15.1. The molecule has 0 heterocycles. The number of alkyl halides is 3. The highest BCUT2D eigenvalue weighted by atomic mass is 19.4. The molecule has 146 valence electrons. The molecule has 2 aromatic rings. The van der Waals surface area contributed by atoms with E-state index in [1.54, 1.807) is 0 Å². The Morgan fingerprint density at radius 3 is 1.67 bits per heavy atom. The van der Waals surface area contributed by atoms with Crippen molar-refractivity contribution in [2.75, 3.05) is 0 Å². The van der Waals surface area contributed by atoms with Crippen LogP contribution in [-0.2, 0) is 28.6 Å². The van der Waals surface area contributed by atoms with Gasteiger partial charge in [0.2, 0.25) is 0 Å². The summed E-state index contributed by atoms with van der Waals surface area (Å²) in [5.41, 5.74) is 3.60. The van der Waals surface area contributed by atoms with E-state index in [0.29, 0.717) is 0 Å². The Labute approximate surface area is 155 Å². The quantitative estimate of drug-likeness (QED) is 0.812. The molecule has 0 amide bonds. The average molecular weight is 380 g/mol. The van der Waals surface area contributed by atoms with Crippen molar-refractivity contribution >= 4 is 11.9 Å². The van der Waals surface area contributed by atoms with Gasteiger partial charge in [-0.3, -0.25) is 0 Å². The van der Waals surface area contributed by atoms with Gasteiger partial charge in [-0.25, -0.2) is 0 Å². The van der Waals surface area contributed by atoms with Gasteiger partial charge < -0.3 is 19.8 Å². The van der Waals surface area contributed by atoms with Gasteiger partial charge in [0.1, 0.15) is 0 Å². The van der Waals surface area contributed by atoms with Gasteiger partial charge in [-0.1, -0.05) is 29.8 Å². The number of aryl methyl sites for hydroxylation is 3. The molecule has 0 bridgehead atoms. The SMILES string of the molecule is Cc1cc(C)c(CC(=O)[O-])c(C)c1.O=C([O-])Cc1ccc(C(F)(F)F)cc1. The molecule has 0 atom stereocenters. The summed E-state index contributed by atoms with van der Waals surface area (Å²) in [5, 5.41) is 20.6. The van der Waals surface area contributed by atoms with Crippen molar-refractivity contribution in [3.63, 3.8) is 0 Å². The van der Waals surface area contributed by atoms with Crippen LogP contribution in [-0.4, -0.2) is 11.9 Å². The Morgan fingerprint density at radius 2 is 1.30 bits per heavy atom. The molecule has 0 radical (unpaired) electrons. The second kappa shape index (κ2) is 9.21. The molecule has 2 rings (SSSR count). The van der Waals surface area contributed by atoms with Gasteiger partial charge in [0.25, 0.3) is 0 Å². The number of carbonyl (C=O) groups excluding carboxylic acids is 2. The number of hydrogen-bond acceptors (Lipinski definition) is 4. The molecule has 2 aromatic carbocycles. The Hall–Kier alpha value is -2.83. The average Bonchev–Trinajstić information content (AvgIpc) is 2.50. The van der Waals surface area contributed by atoms with Gasteiger partial charge in [0, 0.05) is 24.8 Å². The van der Waals surface area contributed by atoms with Gasteiger partial charge in [-0.2, -0.15) is 13.2 Å². The molecule has 0 aliphatic rings. The first-order valence-corrected chi connectivity index (χ1v) is 8.02. The first kappa shape index (κ1) is 22.2. The third-order valence-electron chi connectivity index (χ3n) is 3.79. The summed E-state index contributed by atoms with van der Waals surface area (Å²) in [7, 11) is 0. The van der Waals surface area contributed by atoms with Crippen molar-refractivity contribution in [2.45, 2.75) is 39.8 Å². The monoisotopic (exact) mass is 380 g/mol. The molecule has 0 aliphatic carbocycles. The second-order valence-electron chi connectivity index (χ2n) is 6.17. The van der Waals surface area contributed by atoms with Crippen molar-refractivity contribution in [1.82, 2.24) is 0 Å². The smallest absolute Gasteiger partial charge is 0.416 e. The standard InChI is InChI=1S/C11H14O2.C9H7F3O2/c1-7-4-8(2)10(6-11(12)13)9(3)5-7;10-9(11,12)7-3-1-6(2-4-7)5-8(13)14/h4-5H,6H2,1-3H3,(H,12,13);1-4H,5H2,(H,13,14)/p-2. The third kappa shape index (κ3) is 7.52. The van der Waals surface area contributed by atoms with E-state index < -0.39 is 23.7 Å². The van der Waals surface area contributed by atoms with Crippen LogP contribution in [0.1, 0.15) is 33.4 Å². The van der Waals surface area contributed by atoms with Crippen LogP contribution in [0.5, 0.6) is 0 Å². The fourth-order valence-electron chi connectivity index (χ4n) is 2.61. The molecule has 0 aliphatic heterocycles. The number of hydrogen-bond donors (Lipinski definition) is 0.